The number of anilines is 2. The molecule has 1 aliphatic carbocycles. The Morgan fingerprint density at radius 3 is 2.12 bits per heavy atom. The third kappa shape index (κ3) is 4.31. The van der Waals surface area contributed by atoms with E-state index in [1.54, 1.807) is 0 Å². The number of carbonyl (C=O) groups excluding carboxylic acids is 2. The van der Waals surface area contributed by atoms with Gasteiger partial charge in [-0.15, -0.1) is 0 Å². The molecule has 4 heteroatoms. The van der Waals surface area contributed by atoms with Crippen molar-refractivity contribution in [2.45, 2.75) is 51.9 Å². The molecule has 2 aromatic rings. The molecular weight excluding hydrogens is 324 g/mol. The van der Waals surface area contributed by atoms with Gasteiger partial charge in [0.25, 0.3) is 5.91 Å². The summed E-state index contributed by atoms with van der Waals surface area (Å²) in [5, 5.41) is 5.73. The van der Waals surface area contributed by atoms with Crippen molar-refractivity contribution < 1.29 is 9.59 Å². The van der Waals surface area contributed by atoms with Crippen LogP contribution >= 0.6 is 0 Å². The first-order valence-corrected chi connectivity index (χ1v) is 9.33. The Labute approximate surface area is 155 Å². The number of carbonyl (C=O) groups is 2. The highest BCUT2D eigenvalue weighted by atomic mass is 16.2. The molecule has 0 unspecified atom stereocenters. The minimum absolute atomic E-state index is 0.130. The number of nitrogens with one attached hydrogen (secondary N) is 2. The lowest BCUT2D eigenvalue weighted by Crippen LogP contribution is -2.14. The lowest BCUT2D eigenvalue weighted by molar-refractivity contribution is -0.114. The van der Waals surface area contributed by atoms with Crippen molar-refractivity contribution in [3.05, 3.63) is 59.2 Å². The number of hydrogen-bond donors (Lipinski definition) is 2. The quantitative estimate of drug-likeness (QED) is 0.791. The molecular formula is C22H26N2O2. The number of hydrogen-bond acceptors (Lipinski definition) is 2. The first kappa shape index (κ1) is 18.2. The van der Waals surface area contributed by atoms with Crippen molar-refractivity contribution in [1.29, 1.82) is 0 Å². The lowest BCUT2D eigenvalue weighted by Gasteiger charge is -2.22. The first-order valence-electron chi connectivity index (χ1n) is 9.33. The van der Waals surface area contributed by atoms with E-state index < -0.39 is 0 Å². The molecule has 0 spiro atoms. The maximum Gasteiger partial charge on any atom is 0.255 e. The summed E-state index contributed by atoms with van der Waals surface area (Å²) in [6.07, 6.45) is 6.45. The molecule has 0 radical (unpaired) electrons. The molecule has 3 rings (SSSR count). The van der Waals surface area contributed by atoms with E-state index in [-0.39, 0.29) is 11.8 Å². The van der Waals surface area contributed by atoms with Crippen LogP contribution in [0.3, 0.4) is 0 Å². The summed E-state index contributed by atoms with van der Waals surface area (Å²) >= 11 is 0. The molecule has 0 aliphatic heterocycles. The highest BCUT2D eigenvalue weighted by Crippen LogP contribution is 2.32. The van der Waals surface area contributed by atoms with Gasteiger partial charge in [0.2, 0.25) is 5.91 Å². The molecule has 136 valence electrons. The maximum atomic E-state index is 12.6. The van der Waals surface area contributed by atoms with E-state index >= 15 is 0 Å². The van der Waals surface area contributed by atoms with Gasteiger partial charge < -0.3 is 10.6 Å². The molecule has 2 amide bonds. The molecule has 1 fully saturated rings. The molecule has 2 N–H and O–H groups in total. The van der Waals surface area contributed by atoms with Crippen LogP contribution in [0.2, 0.25) is 0 Å². The van der Waals surface area contributed by atoms with Gasteiger partial charge in [-0.25, -0.2) is 0 Å². The summed E-state index contributed by atoms with van der Waals surface area (Å²) in [5.41, 5.74) is 4.24. The average molecular weight is 350 g/mol. The second-order valence-electron chi connectivity index (χ2n) is 7.07. The van der Waals surface area contributed by atoms with Gasteiger partial charge in [-0.1, -0.05) is 37.5 Å². The van der Waals surface area contributed by atoms with Crippen LogP contribution in [0.25, 0.3) is 0 Å². The van der Waals surface area contributed by atoms with Gasteiger partial charge in [0.1, 0.15) is 0 Å². The van der Waals surface area contributed by atoms with E-state index in [4.69, 9.17) is 0 Å². The molecule has 0 bridgehead atoms. The van der Waals surface area contributed by atoms with E-state index in [2.05, 4.69) is 22.8 Å². The topological polar surface area (TPSA) is 58.2 Å². The lowest BCUT2D eigenvalue weighted by atomic mass is 9.84. The largest absolute Gasteiger partial charge is 0.326 e. The zero-order valence-corrected chi connectivity index (χ0v) is 15.5. The molecule has 0 atom stereocenters. The van der Waals surface area contributed by atoms with Crippen LogP contribution in [0.15, 0.2) is 42.5 Å². The zero-order chi connectivity index (χ0) is 18.5. The minimum atomic E-state index is -0.136. The van der Waals surface area contributed by atoms with E-state index in [9.17, 15) is 9.59 Å². The van der Waals surface area contributed by atoms with Gasteiger partial charge in [-0.2, -0.15) is 0 Å². The Hall–Kier alpha value is -2.62. The Bertz CT molecular complexity index is 790. The van der Waals surface area contributed by atoms with Gasteiger partial charge in [-0.3, -0.25) is 9.59 Å². The monoisotopic (exact) mass is 350 g/mol. The first-order chi connectivity index (χ1) is 12.5. The van der Waals surface area contributed by atoms with Crippen molar-refractivity contribution in [1.82, 2.24) is 0 Å². The second kappa shape index (κ2) is 8.17. The number of benzene rings is 2. The normalized spacial score (nSPS) is 14.7. The molecule has 1 saturated carbocycles. The molecule has 2 aromatic carbocycles. The molecule has 1 aliphatic rings. The van der Waals surface area contributed by atoms with Gasteiger partial charge in [0, 0.05) is 23.9 Å². The van der Waals surface area contributed by atoms with Gasteiger partial charge in [0.15, 0.2) is 0 Å². The predicted octanol–water partition coefficient (Wildman–Crippen LogP) is 5.25. The van der Waals surface area contributed by atoms with Gasteiger partial charge in [0.05, 0.1) is 0 Å². The Morgan fingerprint density at radius 1 is 0.885 bits per heavy atom. The van der Waals surface area contributed by atoms with Crippen LogP contribution in [0.4, 0.5) is 11.4 Å². The summed E-state index contributed by atoms with van der Waals surface area (Å²) in [5.74, 6) is 0.371. The van der Waals surface area contributed by atoms with Crippen LogP contribution in [-0.2, 0) is 4.79 Å². The van der Waals surface area contributed by atoms with E-state index in [1.165, 1.54) is 44.6 Å². The van der Waals surface area contributed by atoms with Crippen LogP contribution in [0.5, 0.6) is 0 Å². The van der Waals surface area contributed by atoms with Crippen LogP contribution in [0, 0.1) is 6.92 Å². The SMILES string of the molecule is CC(=O)Nc1cccc(NC(=O)c2ccc(C3CCCCC3)cc2)c1C. The summed E-state index contributed by atoms with van der Waals surface area (Å²) < 4.78 is 0. The molecule has 0 heterocycles. The summed E-state index contributed by atoms with van der Waals surface area (Å²) in [6, 6.07) is 13.5. The van der Waals surface area contributed by atoms with E-state index in [0.29, 0.717) is 22.9 Å². The van der Waals surface area contributed by atoms with Crippen LogP contribution in [-0.4, -0.2) is 11.8 Å². The third-order valence-corrected chi connectivity index (χ3v) is 5.14. The Morgan fingerprint density at radius 2 is 1.50 bits per heavy atom. The van der Waals surface area contributed by atoms with Crippen LogP contribution < -0.4 is 10.6 Å². The van der Waals surface area contributed by atoms with Crippen molar-refractivity contribution in [2.75, 3.05) is 10.6 Å². The third-order valence-electron chi connectivity index (χ3n) is 5.14. The fourth-order valence-corrected chi connectivity index (χ4v) is 3.63. The molecule has 4 nitrogen and oxygen atoms in total. The van der Waals surface area contributed by atoms with Crippen molar-refractivity contribution >= 4 is 23.2 Å². The highest BCUT2D eigenvalue weighted by Gasteiger charge is 2.16. The van der Waals surface area contributed by atoms with Crippen molar-refractivity contribution in [3.63, 3.8) is 0 Å². The number of amides is 2. The highest BCUT2D eigenvalue weighted by molar-refractivity contribution is 6.05. The zero-order valence-electron chi connectivity index (χ0n) is 15.5. The van der Waals surface area contributed by atoms with Crippen molar-refractivity contribution in [3.8, 4) is 0 Å². The summed E-state index contributed by atoms with van der Waals surface area (Å²) in [7, 11) is 0. The molecule has 0 saturated heterocycles. The van der Waals surface area contributed by atoms with E-state index in [0.717, 1.165) is 5.56 Å². The molecule has 0 aromatic heterocycles. The fourth-order valence-electron chi connectivity index (χ4n) is 3.63. The standard InChI is InChI=1S/C22H26N2O2/c1-15-20(23-16(2)25)9-6-10-21(15)24-22(26)19-13-11-18(12-14-19)17-7-4-3-5-8-17/h6,9-14,17H,3-5,7-8H2,1-2H3,(H,23,25)(H,24,26). The fraction of sp³-hybridized carbons (Fsp3) is 0.364. The molecule has 26 heavy (non-hydrogen) atoms. The number of rotatable bonds is 4. The summed E-state index contributed by atoms with van der Waals surface area (Å²) in [6.45, 7) is 3.35. The Kier molecular flexibility index (Phi) is 5.71. The van der Waals surface area contributed by atoms with Gasteiger partial charge >= 0.3 is 0 Å². The predicted molar refractivity (Wildman–Crippen MR) is 106 cm³/mol. The van der Waals surface area contributed by atoms with Gasteiger partial charge in [-0.05, 0) is 61.1 Å². The summed E-state index contributed by atoms with van der Waals surface area (Å²) in [4.78, 5) is 23.9. The minimum Gasteiger partial charge on any atom is -0.326 e. The smallest absolute Gasteiger partial charge is 0.255 e. The average Bonchev–Trinajstić information content (AvgIpc) is 2.65. The second-order valence-corrected chi connectivity index (χ2v) is 7.07. The van der Waals surface area contributed by atoms with Crippen molar-refractivity contribution in [2.24, 2.45) is 0 Å². The van der Waals surface area contributed by atoms with Crippen LogP contribution in [0.1, 0.15) is 66.4 Å². The van der Waals surface area contributed by atoms with E-state index in [1.807, 2.05) is 37.3 Å². The Balaban J connectivity index is 1.71. The maximum absolute atomic E-state index is 12.6.